The quantitative estimate of drug-likeness (QED) is 0.905. The van der Waals surface area contributed by atoms with Gasteiger partial charge < -0.3 is 14.2 Å². The van der Waals surface area contributed by atoms with Crippen molar-refractivity contribution in [3.63, 3.8) is 0 Å². The zero-order valence-electron chi connectivity index (χ0n) is 10.9. The lowest BCUT2D eigenvalue weighted by molar-refractivity contribution is -0.122. The number of carbonyl (C=O) groups excluding carboxylic acids is 1. The summed E-state index contributed by atoms with van der Waals surface area (Å²) in [4.78, 5) is 23.5. The minimum atomic E-state index is -0.669. The number of nitrogens with one attached hydrogen (secondary N) is 1. The fourth-order valence-electron chi connectivity index (χ4n) is 2.39. The lowest BCUT2D eigenvalue weighted by Crippen LogP contribution is -2.37. The van der Waals surface area contributed by atoms with Gasteiger partial charge in [-0.25, -0.2) is 4.79 Å². The van der Waals surface area contributed by atoms with Gasteiger partial charge in [-0.3, -0.25) is 4.79 Å². The number of aromatic nitrogens is 2. The lowest BCUT2D eigenvalue weighted by Gasteiger charge is -2.10. The number of amides is 1. The highest BCUT2D eigenvalue weighted by Gasteiger charge is 2.19. The van der Waals surface area contributed by atoms with E-state index in [9.17, 15) is 9.59 Å². The van der Waals surface area contributed by atoms with Crippen LogP contribution in [0.4, 0.5) is 0 Å². The molecule has 0 saturated heterocycles. The molecule has 3 rings (SSSR count). The second-order valence-electron chi connectivity index (χ2n) is 4.86. The van der Waals surface area contributed by atoms with Crippen LogP contribution in [0.1, 0.15) is 25.7 Å². The average molecular weight is 277 g/mol. The van der Waals surface area contributed by atoms with E-state index in [1.165, 1.54) is 6.26 Å². The predicted molar refractivity (Wildman–Crippen MR) is 68.9 cm³/mol. The van der Waals surface area contributed by atoms with Gasteiger partial charge in [0.1, 0.15) is 6.54 Å². The van der Waals surface area contributed by atoms with Crippen LogP contribution in [-0.2, 0) is 11.3 Å². The Morgan fingerprint density at radius 1 is 1.45 bits per heavy atom. The molecule has 7 heteroatoms. The molecule has 7 nitrogen and oxygen atoms in total. The van der Waals surface area contributed by atoms with E-state index in [1.807, 2.05) is 0 Å². The van der Waals surface area contributed by atoms with Gasteiger partial charge in [0.05, 0.1) is 6.26 Å². The maximum atomic E-state index is 11.8. The van der Waals surface area contributed by atoms with Crippen molar-refractivity contribution in [2.75, 3.05) is 0 Å². The van der Waals surface area contributed by atoms with Crippen molar-refractivity contribution in [3.8, 4) is 11.7 Å². The summed E-state index contributed by atoms with van der Waals surface area (Å²) in [6.07, 6.45) is 5.73. The average Bonchev–Trinajstić information content (AvgIpc) is 3.12. The first-order valence-corrected chi connectivity index (χ1v) is 6.63. The van der Waals surface area contributed by atoms with Crippen molar-refractivity contribution < 1.29 is 13.6 Å². The van der Waals surface area contributed by atoms with Gasteiger partial charge in [-0.15, -0.1) is 5.10 Å². The maximum Gasteiger partial charge on any atom is 0.437 e. The molecule has 1 aliphatic rings. The molecule has 2 heterocycles. The highest BCUT2D eigenvalue weighted by atomic mass is 16.4. The third-order valence-corrected chi connectivity index (χ3v) is 3.35. The summed E-state index contributed by atoms with van der Waals surface area (Å²) in [5.74, 6) is -0.456. The van der Waals surface area contributed by atoms with E-state index in [-0.39, 0.29) is 24.4 Å². The smallest absolute Gasteiger partial charge is 0.437 e. The fraction of sp³-hybridized carbons (Fsp3) is 0.462. The molecular weight excluding hydrogens is 262 g/mol. The molecule has 0 atom stereocenters. The molecule has 1 amide bonds. The topological polar surface area (TPSA) is 90.3 Å². The van der Waals surface area contributed by atoms with Crippen molar-refractivity contribution in [3.05, 3.63) is 28.9 Å². The molecule has 20 heavy (non-hydrogen) atoms. The number of carbonyl (C=O) groups is 1. The molecule has 1 N–H and O–H groups in total. The first kappa shape index (κ1) is 12.7. The Bertz CT molecular complexity index is 635. The van der Waals surface area contributed by atoms with Crippen molar-refractivity contribution in [1.82, 2.24) is 15.1 Å². The zero-order valence-corrected chi connectivity index (χ0v) is 10.9. The van der Waals surface area contributed by atoms with Gasteiger partial charge in [0.2, 0.25) is 5.91 Å². The molecule has 2 aromatic heterocycles. The minimum Gasteiger partial charge on any atom is -0.459 e. The molecular formula is C13H15N3O4. The van der Waals surface area contributed by atoms with E-state index < -0.39 is 5.76 Å². The molecule has 0 spiro atoms. The first-order chi connectivity index (χ1) is 9.72. The normalized spacial score (nSPS) is 15.6. The van der Waals surface area contributed by atoms with Gasteiger partial charge in [-0.1, -0.05) is 12.8 Å². The molecule has 0 unspecified atom stereocenters. The predicted octanol–water partition coefficient (Wildman–Crippen LogP) is 1.16. The van der Waals surface area contributed by atoms with Gasteiger partial charge in [0, 0.05) is 6.04 Å². The zero-order chi connectivity index (χ0) is 13.9. The van der Waals surface area contributed by atoms with E-state index in [0.29, 0.717) is 5.76 Å². The van der Waals surface area contributed by atoms with Crippen molar-refractivity contribution in [1.29, 1.82) is 0 Å². The number of hydrogen-bond donors (Lipinski definition) is 1. The summed E-state index contributed by atoms with van der Waals surface area (Å²) in [7, 11) is 0. The Kier molecular flexibility index (Phi) is 3.41. The highest BCUT2D eigenvalue weighted by molar-refractivity contribution is 5.75. The van der Waals surface area contributed by atoms with Crippen molar-refractivity contribution >= 4 is 5.91 Å². The molecule has 0 aromatic carbocycles. The number of hydrogen-bond acceptors (Lipinski definition) is 5. The minimum absolute atomic E-state index is 0.0775. The Morgan fingerprint density at radius 2 is 2.25 bits per heavy atom. The van der Waals surface area contributed by atoms with Crippen LogP contribution >= 0.6 is 0 Å². The van der Waals surface area contributed by atoms with Crippen LogP contribution < -0.4 is 11.1 Å². The van der Waals surface area contributed by atoms with Crippen LogP contribution in [-0.4, -0.2) is 21.7 Å². The van der Waals surface area contributed by atoms with E-state index in [2.05, 4.69) is 10.4 Å². The van der Waals surface area contributed by atoms with Crippen LogP contribution in [0.25, 0.3) is 11.7 Å². The molecule has 1 fully saturated rings. The van der Waals surface area contributed by atoms with Gasteiger partial charge in [0.25, 0.3) is 5.89 Å². The van der Waals surface area contributed by atoms with Crippen LogP contribution in [0.5, 0.6) is 0 Å². The summed E-state index contributed by atoms with van der Waals surface area (Å²) in [6, 6.07) is 3.52. The number of nitrogens with zero attached hydrogens (tertiary/aromatic N) is 2. The second-order valence-corrected chi connectivity index (χ2v) is 4.86. The summed E-state index contributed by atoms with van der Waals surface area (Å²) in [5, 5.41) is 6.84. The van der Waals surface area contributed by atoms with E-state index in [1.54, 1.807) is 12.1 Å². The van der Waals surface area contributed by atoms with E-state index >= 15 is 0 Å². The monoisotopic (exact) mass is 277 g/mol. The SMILES string of the molecule is O=C(Cn1nc(-c2ccco2)oc1=O)NC1CCCC1. The molecule has 2 aromatic rings. The van der Waals surface area contributed by atoms with Crippen molar-refractivity contribution in [2.45, 2.75) is 38.3 Å². The largest absolute Gasteiger partial charge is 0.459 e. The Balaban J connectivity index is 1.68. The maximum absolute atomic E-state index is 11.8. The summed E-state index contributed by atoms with van der Waals surface area (Å²) in [5.41, 5.74) is 0. The molecule has 1 aliphatic carbocycles. The summed E-state index contributed by atoms with van der Waals surface area (Å²) >= 11 is 0. The van der Waals surface area contributed by atoms with Crippen LogP contribution in [0.2, 0.25) is 0 Å². The Morgan fingerprint density at radius 3 is 2.95 bits per heavy atom. The van der Waals surface area contributed by atoms with E-state index in [4.69, 9.17) is 8.83 Å². The number of rotatable bonds is 4. The van der Waals surface area contributed by atoms with Gasteiger partial charge in [-0.2, -0.15) is 4.68 Å². The molecule has 1 saturated carbocycles. The molecule has 0 radical (unpaired) electrons. The van der Waals surface area contributed by atoms with Crippen LogP contribution in [0.3, 0.4) is 0 Å². The van der Waals surface area contributed by atoms with Gasteiger partial charge in [-0.05, 0) is 25.0 Å². The number of furan rings is 1. The van der Waals surface area contributed by atoms with Gasteiger partial charge >= 0.3 is 5.76 Å². The fourth-order valence-corrected chi connectivity index (χ4v) is 2.39. The highest BCUT2D eigenvalue weighted by Crippen LogP contribution is 2.17. The van der Waals surface area contributed by atoms with E-state index in [0.717, 1.165) is 30.4 Å². The van der Waals surface area contributed by atoms with Crippen LogP contribution in [0, 0.1) is 0 Å². The second kappa shape index (κ2) is 5.36. The summed E-state index contributed by atoms with van der Waals surface area (Å²) in [6.45, 7) is -0.139. The standard InChI is InChI=1S/C13H15N3O4/c17-11(14-9-4-1-2-5-9)8-16-13(18)20-12(15-16)10-6-3-7-19-10/h3,6-7,9H,1-2,4-5,8H2,(H,14,17). The molecule has 0 aliphatic heterocycles. The Hall–Kier alpha value is -2.31. The third kappa shape index (κ3) is 2.66. The third-order valence-electron chi connectivity index (χ3n) is 3.35. The molecule has 106 valence electrons. The van der Waals surface area contributed by atoms with Crippen LogP contribution in [0.15, 0.2) is 32.0 Å². The van der Waals surface area contributed by atoms with Gasteiger partial charge in [0.15, 0.2) is 5.76 Å². The Labute approximate surface area is 114 Å². The summed E-state index contributed by atoms with van der Waals surface area (Å²) < 4.78 is 11.0. The van der Waals surface area contributed by atoms with Crippen molar-refractivity contribution in [2.24, 2.45) is 0 Å². The molecule has 0 bridgehead atoms. The lowest BCUT2D eigenvalue weighted by atomic mass is 10.2. The first-order valence-electron chi connectivity index (χ1n) is 6.63.